The van der Waals surface area contributed by atoms with Crippen molar-refractivity contribution in [2.24, 2.45) is 0 Å². The predicted molar refractivity (Wildman–Crippen MR) is 45.1 cm³/mol. The molecule has 0 aliphatic carbocycles. The molecule has 0 aromatic carbocycles. The highest BCUT2D eigenvalue weighted by Gasteiger charge is 2.18. The van der Waals surface area contributed by atoms with Gasteiger partial charge in [0, 0.05) is 17.8 Å². The van der Waals surface area contributed by atoms with Crippen molar-refractivity contribution in [3.8, 4) is 0 Å². The second-order valence-electron chi connectivity index (χ2n) is 3.54. The number of aromatic nitrogens is 2. The van der Waals surface area contributed by atoms with Crippen molar-refractivity contribution in [3.63, 3.8) is 0 Å². The summed E-state index contributed by atoms with van der Waals surface area (Å²) in [7, 11) is 0. The molecule has 0 unspecified atom stereocenters. The lowest BCUT2D eigenvalue weighted by Crippen LogP contribution is -2.16. The van der Waals surface area contributed by atoms with Crippen LogP contribution in [0.2, 0.25) is 0 Å². The summed E-state index contributed by atoms with van der Waals surface area (Å²) in [6.07, 6.45) is 3.27. The van der Waals surface area contributed by atoms with E-state index in [2.05, 4.69) is 30.7 Å². The van der Waals surface area contributed by atoms with Crippen LogP contribution in [0.1, 0.15) is 26.5 Å². The summed E-state index contributed by atoms with van der Waals surface area (Å²) in [6.45, 7) is 6.19. The number of hydrogen-bond donors (Lipinski definition) is 1. The van der Waals surface area contributed by atoms with E-state index >= 15 is 0 Å². The van der Waals surface area contributed by atoms with Crippen molar-refractivity contribution in [1.29, 1.82) is 0 Å². The van der Waals surface area contributed by atoms with Gasteiger partial charge in [-0.05, 0) is 0 Å². The zero-order valence-corrected chi connectivity index (χ0v) is 7.13. The van der Waals surface area contributed by atoms with Crippen LogP contribution in [-0.2, 0) is 5.41 Å². The van der Waals surface area contributed by atoms with Crippen molar-refractivity contribution < 1.29 is 0 Å². The number of anilines is 1. The Labute approximate surface area is 66.7 Å². The number of nitrogens with two attached hydrogens (primary N) is 1. The fourth-order valence-corrected chi connectivity index (χ4v) is 0.927. The Kier molecular flexibility index (Phi) is 1.81. The summed E-state index contributed by atoms with van der Waals surface area (Å²) >= 11 is 0. The van der Waals surface area contributed by atoms with E-state index in [0.717, 1.165) is 5.69 Å². The molecule has 0 amide bonds. The van der Waals surface area contributed by atoms with Gasteiger partial charge in [-0.2, -0.15) is 0 Å². The number of hydrogen-bond acceptors (Lipinski definition) is 3. The first-order chi connectivity index (χ1) is 5.02. The van der Waals surface area contributed by atoms with Crippen LogP contribution >= 0.6 is 0 Å². The first-order valence-corrected chi connectivity index (χ1v) is 3.59. The van der Waals surface area contributed by atoms with Crippen LogP contribution in [0.3, 0.4) is 0 Å². The second-order valence-corrected chi connectivity index (χ2v) is 3.54. The lowest BCUT2D eigenvalue weighted by molar-refractivity contribution is 0.569. The molecule has 1 aromatic heterocycles. The molecule has 3 heteroatoms. The average Bonchev–Trinajstić information content (AvgIpc) is 1.86. The molecule has 0 fully saturated rings. The molecule has 0 bridgehead atoms. The number of rotatable bonds is 0. The molecule has 0 saturated heterocycles. The van der Waals surface area contributed by atoms with E-state index < -0.39 is 0 Å². The molecule has 11 heavy (non-hydrogen) atoms. The minimum Gasteiger partial charge on any atom is -0.382 e. The molecule has 0 atom stereocenters. The predicted octanol–water partition coefficient (Wildman–Crippen LogP) is 1.36. The summed E-state index contributed by atoms with van der Waals surface area (Å²) < 4.78 is 0. The van der Waals surface area contributed by atoms with Crippen LogP contribution in [0, 0.1) is 0 Å². The van der Waals surface area contributed by atoms with Crippen molar-refractivity contribution >= 4 is 5.82 Å². The maximum absolute atomic E-state index is 5.63. The summed E-state index contributed by atoms with van der Waals surface area (Å²) in [5.74, 6) is 0.528. The fraction of sp³-hybridized carbons (Fsp3) is 0.500. The van der Waals surface area contributed by atoms with Crippen LogP contribution in [0.5, 0.6) is 0 Å². The Balaban J connectivity index is 3.14. The lowest BCUT2D eigenvalue weighted by Gasteiger charge is -2.17. The molecule has 1 heterocycles. The third kappa shape index (κ3) is 1.67. The molecule has 1 rings (SSSR count). The maximum atomic E-state index is 5.63. The highest BCUT2D eigenvalue weighted by Crippen LogP contribution is 2.22. The topological polar surface area (TPSA) is 51.8 Å². The third-order valence-electron chi connectivity index (χ3n) is 1.44. The highest BCUT2D eigenvalue weighted by atomic mass is 14.9. The first kappa shape index (κ1) is 7.98. The molecule has 60 valence electrons. The Morgan fingerprint density at radius 3 is 2.09 bits per heavy atom. The molecule has 0 spiro atoms. The highest BCUT2D eigenvalue weighted by molar-refractivity contribution is 5.37. The Morgan fingerprint density at radius 1 is 1.18 bits per heavy atom. The molecule has 1 aromatic rings. The van der Waals surface area contributed by atoms with Gasteiger partial charge in [-0.3, -0.25) is 4.98 Å². The standard InChI is InChI=1S/C8H13N3/c1-8(2,3)6-7(9)11-5-4-10-6/h4-5H,1-3H3,(H2,9,11). The van der Waals surface area contributed by atoms with E-state index in [0.29, 0.717) is 5.82 Å². The van der Waals surface area contributed by atoms with Gasteiger partial charge in [-0.25, -0.2) is 4.98 Å². The first-order valence-electron chi connectivity index (χ1n) is 3.59. The van der Waals surface area contributed by atoms with Crippen molar-refractivity contribution in [2.75, 3.05) is 5.73 Å². The van der Waals surface area contributed by atoms with Gasteiger partial charge in [0.05, 0.1) is 5.69 Å². The van der Waals surface area contributed by atoms with Crippen molar-refractivity contribution in [3.05, 3.63) is 18.1 Å². The number of nitrogen functional groups attached to an aromatic ring is 1. The van der Waals surface area contributed by atoms with Gasteiger partial charge in [0.1, 0.15) is 5.82 Å². The fourth-order valence-electron chi connectivity index (χ4n) is 0.927. The summed E-state index contributed by atoms with van der Waals surface area (Å²) in [5, 5.41) is 0. The van der Waals surface area contributed by atoms with Crippen molar-refractivity contribution in [2.45, 2.75) is 26.2 Å². The maximum Gasteiger partial charge on any atom is 0.145 e. The van der Waals surface area contributed by atoms with E-state index in [-0.39, 0.29) is 5.41 Å². The minimum atomic E-state index is -0.0155. The Bertz CT molecular complexity index is 250. The monoisotopic (exact) mass is 151 g/mol. The molecule has 2 N–H and O–H groups in total. The van der Waals surface area contributed by atoms with Crippen LogP contribution in [0.25, 0.3) is 0 Å². The molecular weight excluding hydrogens is 138 g/mol. The summed E-state index contributed by atoms with van der Waals surface area (Å²) in [5.41, 5.74) is 6.48. The van der Waals surface area contributed by atoms with E-state index in [4.69, 9.17) is 5.73 Å². The van der Waals surface area contributed by atoms with Gasteiger partial charge in [0.25, 0.3) is 0 Å². The second kappa shape index (κ2) is 2.49. The number of nitrogens with zero attached hydrogens (tertiary/aromatic N) is 2. The SMILES string of the molecule is CC(C)(C)c1nccnc1N. The zero-order chi connectivity index (χ0) is 8.48. The summed E-state index contributed by atoms with van der Waals surface area (Å²) in [6, 6.07) is 0. The Morgan fingerprint density at radius 2 is 1.73 bits per heavy atom. The van der Waals surface area contributed by atoms with Gasteiger partial charge >= 0.3 is 0 Å². The smallest absolute Gasteiger partial charge is 0.145 e. The van der Waals surface area contributed by atoms with Gasteiger partial charge < -0.3 is 5.73 Å². The van der Waals surface area contributed by atoms with Crippen LogP contribution in [0.4, 0.5) is 5.82 Å². The largest absolute Gasteiger partial charge is 0.382 e. The molecular formula is C8H13N3. The molecule has 3 nitrogen and oxygen atoms in total. The lowest BCUT2D eigenvalue weighted by atomic mass is 9.92. The van der Waals surface area contributed by atoms with E-state index in [1.54, 1.807) is 12.4 Å². The van der Waals surface area contributed by atoms with Crippen LogP contribution in [-0.4, -0.2) is 9.97 Å². The van der Waals surface area contributed by atoms with E-state index in [1.165, 1.54) is 0 Å². The quantitative estimate of drug-likeness (QED) is 0.609. The molecule has 0 radical (unpaired) electrons. The van der Waals surface area contributed by atoms with Gasteiger partial charge in [0.2, 0.25) is 0 Å². The van der Waals surface area contributed by atoms with E-state index in [1.807, 2.05) is 0 Å². The molecule has 0 aliphatic rings. The third-order valence-corrected chi connectivity index (χ3v) is 1.44. The zero-order valence-electron chi connectivity index (χ0n) is 7.13. The van der Waals surface area contributed by atoms with Crippen LogP contribution in [0.15, 0.2) is 12.4 Å². The van der Waals surface area contributed by atoms with E-state index in [9.17, 15) is 0 Å². The van der Waals surface area contributed by atoms with Gasteiger partial charge in [-0.15, -0.1) is 0 Å². The summed E-state index contributed by atoms with van der Waals surface area (Å²) in [4.78, 5) is 8.12. The molecule has 0 aliphatic heterocycles. The minimum absolute atomic E-state index is 0.0155. The molecule has 0 saturated carbocycles. The van der Waals surface area contributed by atoms with Gasteiger partial charge in [-0.1, -0.05) is 20.8 Å². The average molecular weight is 151 g/mol. The van der Waals surface area contributed by atoms with Crippen LogP contribution < -0.4 is 5.73 Å². The normalized spacial score (nSPS) is 11.5. The van der Waals surface area contributed by atoms with Crippen molar-refractivity contribution in [1.82, 2.24) is 9.97 Å². The van der Waals surface area contributed by atoms with Gasteiger partial charge in [0.15, 0.2) is 0 Å². The Hall–Kier alpha value is -1.12.